The predicted octanol–water partition coefficient (Wildman–Crippen LogP) is 2.91. The van der Waals surface area contributed by atoms with Gasteiger partial charge in [0.25, 0.3) is 0 Å². The molecule has 1 nitrogen and oxygen atoms in total. The molecule has 0 spiro atoms. The van der Waals surface area contributed by atoms with E-state index < -0.39 is 0 Å². The molecular weight excluding hydrogens is 241 g/mol. The Balaban J connectivity index is 3.04. The summed E-state index contributed by atoms with van der Waals surface area (Å²) in [7, 11) is 1.79. The summed E-state index contributed by atoms with van der Waals surface area (Å²) in [6.45, 7) is 0. The third-order valence-corrected chi connectivity index (χ3v) is 2.45. The maximum Gasteiger partial charge on any atom is 0.146 e. The van der Waals surface area contributed by atoms with Crippen LogP contribution in [0.1, 0.15) is 0 Å². The van der Waals surface area contributed by atoms with E-state index in [1.165, 1.54) is 6.07 Å². The molecule has 0 saturated heterocycles. The smallest absolute Gasteiger partial charge is 0.146 e. The first-order valence-corrected chi connectivity index (χ1v) is 4.84. The fourth-order valence-corrected chi connectivity index (χ4v) is 1.36. The van der Waals surface area contributed by atoms with Crippen molar-refractivity contribution in [2.75, 3.05) is 17.8 Å². The highest BCUT2D eigenvalue weighted by Crippen LogP contribution is 2.22. The van der Waals surface area contributed by atoms with E-state index in [1.807, 2.05) is 0 Å². The molecule has 0 saturated carbocycles. The van der Waals surface area contributed by atoms with Crippen LogP contribution in [0, 0.1) is 5.82 Å². The van der Waals surface area contributed by atoms with Crippen molar-refractivity contribution >= 4 is 34.2 Å². The van der Waals surface area contributed by atoms with Gasteiger partial charge in [-0.1, -0.05) is 15.9 Å². The van der Waals surface area contributed by atoms with Gasteiger partial charge in [0.1, 0.15) is 5.82 Å². The number of benzene rings is 1. The number of nitrogens with zero attached hydrogens (tertiary/aromatic N) is 1. The molecule has 0 fully saturated rings. The lowest BCUT2D eigenvalue weighted by atomic mass is 10.3. The van der Waals surface area contributed by atoms with E-state index >= 15 is 0 Å². The topological polar surface area (TPSA) is 3.24 Å². The van der Waals surface area contributed by atoms with Crippen LogP contribution in [0.15, 0.2) is 22.7 Å². The van der Waals surface area contributed by atoms with Gasteiger partial charge in [-0.15, -0.1) is 0 Å². The summed E-state index contributed by atoms with van der Waals surface area (Å²) in [5.41, 5.74) is 0.555. The van der Waals surface area contributed by atoms with Gasteiger partial charge in [0.15, 0.2) is 0 Å². The second-order valence-electron chi connectivity index (χ2n) is 2.44. The number of hydrogen-bond acceptors (Lipinski definition) is 2. The molecule has 0 aliphatic carbocycles. The average molecular weight is 250 g/mol. The molecule has 12 heavy (non-hydrogen) atoms. The van der Waals surface area contributed by atoms with Gasteiger partial charge in [-0.3, -0.25) is 0 Å². The van der Waals surface area contributed by atoms with E-state index in [1.54, 1.807) is 24.1 Å². The van der Waals surface area contributed by atoms with Crippen LogP contribution < -0.4 is 4.90 Å². The van der Waals surface area contributed by atoms with Crippen LogP contribution in [0.25, 0.3) is 0 Å². The Morgan fingerprint density at radius 2 is 2.25 bits per heavy atom. The Kier molecular flexibility index (Phi) is 3.40. The Hall–Kier alpha value is -0.220. The third kappa shape index (κ3) is 2.14. The average Bonchev–Trinajstić information content (AvgIpc) is 2.08. The molecule has 0 amide bonds. The molecule has 1 aromatic rings. The number of rotatable bonds is 2. The van der Waals surface area contributed by atoms with Crippen LogP contribution in [0.4, 0.5) is 10.1 Å². The molecule has 0 N–H and O–H groups in total. The Morgan fingerprint density at radius 3 is 2.83 bits per heavy atom. The van der Waals surface area contributed by atoms with Crippen molar-refractivity contribution < 1.29 is 4.39 Å². The zero-order chi connectivity index (χ0) is 9.14. The molecule has 0 heterocycles. The molecule has 1 rings (SSSR count). The zero-order valence-corrected chi connectivity index (χ0v) is 9.07. The van der Waals surface area contributed by atoms with Gasteiger partial charge in [0, 0.05) is 11.5 Å². The number of halogens is 2. The lowest BCUT2D eigenvalue weighted by molar-refractivity contribution is 0.625. The van der Waals surface area contributed by atoms with E-state index in [0.29, 0.717) is 11.6 Å². The second kappa shape index (κ2) is 4.14. The summed E-state index contributed by atoms with van der Waals surface area (Å²) in [5.74, 6) is 0.266. The van der Waals surface area contributed by atoms with Crippen LogP contribution >= 0.6 is 28.6 Å². The summed E-state index contributed by atoms with van der Waals surface area (Å²) < 4.78 is 14.0. The van der Waals surface area contributed by atoms with Gasteiger partial charge in [-0.25, -0.2) is 4.39 Å². The lowest BCUT2D eigenvalue weighted by Crippen LogP contribution is -2.15. The highest BCUT2D eigenvalue weighted by molar-refractivity contribution is 9.10. The van der Waals surface area contributed by atoms with E-state index in [-0.39, 0.29) is 5.82 Å². The fourth-order valence-electron chi connectivity index (χ4n) is 0.855. The third-order valence-electron chi connectivity index (χ3n) is 1.53. The molecular formula is C8H9BrFNS. The zero-order valence-electron chi connectivity index (χ0n) is 6.59. The van der Waals surface area contributed by atoms with E-state index in [4.69, 9.17) is 0 Å². The molecule has 66 valence electrons. The maximum atomic E-state index is 13.1. The molecule has 0 atom stereocenters. The molecule has 0 bridgehead atoms. The second-order valence-corrected chi connectivity index (χ2v) is 3.63. The maximum absolute atomic E-state index is 13.1. The molecule has 0 aliphatic rings. The van der Waals surface area contributed by atoms with Crippen molar-refractivity contribution in [2.24, 2.45) is 0 Å². The fraction of sp³-hybridized carbons (Fsp3) is 0.250. The number of thiol groups is 1. The summed E-state index contributed by atoms with van der Waals surface area (Å²) in [4.78, 5) is 1.73. The van der Waals surface area contributed by atoms with Crippen molar-refractivity contribution in [3.63, 3.8) is 0 Å². The van der Waals surface area contributed by atoms with Gasteiger partial charge in [0.2, 0.25) is 0 Å². The Bertz CT molecular complexity index is 280. The van der Waals surface area contributed by atoms with Crippen molar-refractivity contribution in [3.05, 3.63) is 28.5 Å². The van der Waals surface area contributed by atoms with E-state index in [9.17, 15) is 4.39 Å². The van der Waals surface area contributed by atoms with Gasteiger partial charge < -0.3 is 4.90 Å². The number of hydrogen-bond donors (Lipinski definition) is 1. The van der Waals surface area contributed by atoms with Gasteiger partial charge in [-0.2, -0.15) is 12.6 Å². The summed E-state index contributed by atoms with van der Waals surface area (Å²) >= 11 is 7.33. The minimum absolute atomic E-state index is 0.227. The van der Waals surface area contributed by atoms with Crippen LogP contribution in [0.2, 0.25) is 0 Å². The SMILES string of the molecule is CN(CS)c1cc(Br)ccc1F. The van der Waals surface area contributed by atoms with Crippen LogP contribution in [-0.4, -0.2) is 12.9 Å². The van der Waals surface area contributed by atoms with Gasteiger partial charge >= 0.3 is 0 Å². The van der Waals surface area contributed by atoms with Crippen molar-refractivity contribution in [2.45, 2.75) is 0 Å². The molecule has 4 heteroatoms. The van der Waals surface area contributed by atoms with E-state index in [0.717, 1.165) is 4.47 Å². The standard InChI is InChI=1S/C8H9BrFNS/c1-11(5-12)8-4-6(9)2-3-7(8)10/h2-4,12H,5H2,1H3. The normalized spacial score (nSPS) is 10.0. The van der Waals surface area contributed by atoms with Crippen molar-refractivity contribution in [1.29, 1.82) is 0 Å². The molecule has 1 aromatic carbocycles. The highest BCUT2D eigenvalue weighted by atomic mass is 79.9. The lowest BCUT2D eigenvalue weighted by Gasteiger charge is -2.16. The predicted molar refractivity (Wildman–Crippen MR) is 56.4 cm³/mol. The van der Waals surface area contributed by atoms with E-state index in [2.05, 4.69) is 28.6 Å². The van der Waals surface area contributed by atoms with Gasteiger partial charge in [-0.05, 0) is 18.2 Å². The summed E-state index contributed by atoms with van der Waals surface area (Å²) in [5, 5.41) is 0. The largest absolute Gasteiger partial charge is 0.363 e. The van der Waals surface area contributed by atoms with Crippen LogP contribution in [-0.2, 0) is 0 Å². The van der Waals surface area contributed by atoms with Crippen molar-refractivity contribution in [1.82, 2.24) is 0 Å². The van der Waals surface area contributed by atoms with Gasteiger partial charge in [0.05, 0.1) is 11.6 Å². The molecule has 0 radical (unpaired) electrons. The highest BCUT2D eigenvalue weighted by Gasteiger charge is 2.05. The Labute approximate surface area is 85.1 Å². The molecule has 0 unspecified atom stereocenters. The molecule has 0 aromatic heterocycles. The molecule has 0 aliphatic heterocycles. The first-order chi connectivity index (χ1) is 5.65. The van der Waals surface area contributed by atoms with Crippen LogP contribution in [0.3, 0.4) is 0 Å². The minimum atomic E-state index is -0.227. The van der Waals surface area contributed by atoms with Crippen LogP contribution in [0.5, 0.6) is 0 Å². The van der Waals surface area contributed by atoms with Crippen molar-refractivity contribution in [3.8, 4) is 0 Å². The Morgan fingerprint density at radius 1 is 1.58 bits per heavy atom. The summed E-state index contributed by atoms with van der Waals surface area (Å²) in [6.07, 6.45) is 0. The summed E-state index contributed by atoms with van der Waals surface area (Å²) in [6, 6.07) is 4.83. The number of anilines is 1. The minimum Gasteiger partial charge on any atom is -0.363 e. The monoisotopic (exact) mass is 249 g/mol. The first kappa shape index (κ1) is 9.86. The first-order valence-electron chi connectivity index (χ1n) is 3.42. The quantitative estimate of drug-likeness (QED) is 0.624.